The number of nitrogens with zero attached hydrogens (tertiary/aromatic N) is 2. The number of nitrogens with one attached hydrogen (secondary N) is 2. The minimum atomic E-state index is -4.77. The smallest absolute Gasteiger partial charge is 0.406 e. The molecule has 4 aromatic rings. The topological polar surface area (TPSA) is 84.7 Å². The first kappa shape index (κ1) is 29.9. The third kappa shape index (κ3) is 9.22. The Labute approximate surface area is 243 Å². The van der Waals surface area contributed by atoms with Crippen molar-refractivity contribution in [3.8, 4) is 17.0 Å². The van der Waals surface area contributed by atoms with Crippen LogP contribution >= 0.6 is 22.9 Å². The predicted molar refractivity (Wildman–Crippen MR) is 152 cm³/mol. The zero-order valence-electron chi connectivity index (χ0n) is 21.7. The van der Waals surface area contributed by atoms with Crippen LogP contribution in [0.4, 0.5) is 13.2 Å². The van der Waals surface area contributed by atoms with Crippen LogP contribution in [0, 0.1) is 0 Å². The molecule has 0 atom stereocenters. The Kier molecular flexibility index (Phi) is 10.2. The molecule has 2 N–H and O–H groups in total. The van der Waals surface area contributed by atoms with Gasteiger partial charge in [0.1, 0.15) is 5.75 Å². The lowest BCUT2D eigenvalue weighted by atomic mass is 10.1. The van der Waals surface area contributed by atoms with E-state index in [2.05, 4.69) is 15.4 Å². The Bertz CT molecular complexity index is 1520. The molecule has 4 rings (SSSR count). The minimum absolute atomic E-state index is 0.154. The average molecular weight is 603 g/mol. The third-order valence-electron chi connectivity index (χ3n) is 5.82. The third-order valence-corrected chi connectivity index (χ3v) is 6.97. The van der Waals surface area contributed by atoms with Crippen LogP contribution in [-0.4, -0.2) is 35.8 Å². The van der Waals surface area contributed by atoms with Gasteiger partial charge in [-0.1, -0.05) is 41.9 Å². The van der Waals surface area contributed by atoms with E-state index in [0.29, 0.717) is 47.0 Å². The SMILES string of the molecule is O=C(CNC(=O)c1ccccc1)NCCCn1c(-c2ccc(OC(F)(F)F)cc2)cs/c1=N\Cc1ccc(Cl)cc1. The molecule has 41 heavy (non-hydrogen) atoms. The van der Waals surface area contributed by atoms with Gasteiger partial charge in [0.25, 0.3) is 5.91 Å². The highest BCUT2D eigenvalue weighted by atomic mass is 35.5. The zero-order chi connectivity index (χ0) is 29.2. The largest absolute Gasteiger partial charge is 0.573 e. The number of benzene rings is 3. The summed E-state index contributed by atoms with van der Waals surface area (Å²) in [7, 11) is 0. The van der Waals surface area contributed by atoms with E-state index >= 15 is 0 Å². The van der Waals surface area contributed by atoms with Crippen molar-refractivity contribution >= 4 is 34.8 Å². The summed E-state index contributed by atoms with van der Waals surface area (Å²) in [5.41, 5.74) is 2.89. The van der Waals surface area contributed by atoms with Crippen molar-refractivity contribution in [1.82, 2.24) is 15.2 Å². The zero-order valence-corrected chi connectivity index (χ0v) is 23.2. The van der Waals surface area contributed by atoms with E-state index in [4.69, 9.17) is 16.6 Å². The number of hydrogen-bond acceptors (Lipinski definition) is 5. The van der Waals surface area contributed by atoms with Crippen molar-refractivity contribution in [2.24, 2.45) is 4.99 Å². The van der Waals surface area contributed by atoms with Gasteiger partial charge in [-0.3, -0.25) is 14.6 Å². The molecule has 12 heteroatoms. The second-order valence-electron chi connectivity index (χ2n) is 8.82. The molecular weight excluding hydrogens is 577 g/mol. The highest BCUT2D eigenvalue weighted by Gasteiger charge is 2.31. The van der Waals surface area contributed by atoms with Crippen molar-refractivity contribution in [2.75, 3.05) is 13.1 Å². The van der Waals surface area contributed by atoms with Gasteiger partial charge in [-0.15, -0.1) is 24.5 Å². The Balaban J connectivity index is 1.42. The number of halogens is 4. The number of aromatic nitrogens is 1. The lowest BCUT2D eigenvalue weighted by Crippen LogP contribution is -2.37. The fourth-order valence-corrected chi connectivity index (χ4v) is 4.92. The van der Waals surface area contributed by atoms with Crippen molar-refractivity contribution in [3.05, 3.63) is 105 Å². The fraction of sp³-hybridized carbons (Fsp3) is 0.207. The number of alkyl halides is 3. The first-order valence-electron chi connectivity index (χ1n) is 12.6. The van der Waals surface area contributed by atoms with Gasteiger partial charge in [-0.05, 0) is 66.1 Å². The molecular formula is C29H26ClF3N4O3S. The van der Waals surface area contributed by atoms with E-state index in [1.165, 1.54) is 23.5 Å². The highest BCUT2D eigenvalue weighted by molar-refractivity contribution is 7.07. The molecule has 0 unspecified atom stereocenters. The Morgan fingerprint density at radius 1 is 0.951 bits per heavy atom. The standard InChI is InChI=1S/C29H26ClF3N4O3S/c30-23-11-7-20(8-12-23)17-36-28-37(25(19-41-28)21-9-13-24(14-10-21)40-29(31,32)33)16-4-15-34-26(38)18-35-27(39)22-5-2-1-3-6-22/h1-3,5-14,19H,4,15-18H2,(H,34,38)(H,35,39)/b36-28-. The molecule has 214 valence electrons. The number of carbonyl (C=O) groups is 2. The lowest BCUT2D eigenvalue weighted by molar-refractivity contribution is -0.274. The van der Waals surface area contributed by atoms with Gasteiger partial charge < -0.3 is 19.9 Å². The molecule has 0 aliphatic heterocycles. The van der Waals surface area contributed by atoms with E-state index in [9.17, 15) is 22.8 Å². The van der Waals surface area contributed by atoms with Gasteiger partial charge >= 0.3 is 6.36 Å². The Morgan fingerprint density at radius 2 is 1.66 bits per heavy atom. The van der Waals surface area contributed by atoms with Gasteiger partial charge in [0.15, 0.2) is 4.80 Å². The monoisotopic (exact) mass is 602 g/mol. The van der Waals surface area contributed by atoms with Gasteiger partial charge in [0, 0.05) is 29.1 Å². The summed E-state index contributed by atoms with van der Waals surface area (Å²) >= 11 is 7.38. The van der Waals surface area contributed by atoms with Crippen LogP contribution in [0.25, 0.3) is 11.3 Å². The maximum Gasteiger partial charge on any atom is 0.573 e. The molecule has 0 saturated heterocycles. The summed E-state index contributed by atoms with van der Waals surface area (Å²) in [6.07, 6.45) is -4.22. The van der Waals surface area contributed by atoms with Gasteiger partial charge in [0.2, 0.25) is 5.91 Å². The van der Waals surface area contributed by atoms with Crippen molar-refractivity contribution in [3.63, 3.8) is 0 Å². The van der Waals surface area contributed by atoms with Crippen molar-refractivity contribution < 1.29 is 27.5 Å². The van der Waals surface area contributed by atoms with E-state index in [1.54, 1.807) is 54.6 Å². The molecule has 3 aromatic carbocycles. The number of rotatable bonds is 11. The van der Waals surface area contributed by atoms with E-state index in [1.807, 2.05) is 22.1 Å². The van der Waals surface area contributed by atoms with E-state index < -0.39 is 6.36 Å². The molecule has 0 bridgehead atoms. The van der Waals surface area contributed by atoms with Crippen LogP contribution in [0.3, 0.4) is 0 Å². The summed E-state index contributed by atoms with van der Waals surface area (Å²) in [4.78, 5) is 29.9. The summed E-state index contributed by atoms with van der Waals surface area (Å²) in [6, 6.07) is 21.6. The van der Waals surface area contributed by atoms with Crippen LogP contribution in [0.2, 0.25) is 5.02 Å². The maximum atomic E-state index is 12.6. The predicted octanol–water partition coefficient (Wildman–Crippen LogP) is 5.81. The van der Waals surface area contributed by atoms with Crippen LogP contribution in [0.15, 0.2) is 89.2 Å². The Morgan fingerprint density at radius 3 is 2.34 bits per heavy atom. The molecule has 2 amide bonds. The molecule has 0 fully saturated rings. The summed E-state index contributed by atoms with van der Waals surface area (Å²) in [5.74, 6) is -0.965. The molecule has 0 aliphatic rings. The lowest BCUT2D eigenvalue weighted by Gasteiger charge is -2.12. The molecule has 0 saturated carbocycles. The number of amides is 2. The number of thiazole rings is 1. The highest BCUT2D eigenvalue weighted by Crippen LogP contribution is 2.27. The van der Waals surface area contributed by atoms with E-state index in [0.717, 1.165) is 11.3 Å². The number of hydrogen-bond donors (Lipinski definition) is 2. The summed E-state index contributed by atoms with van der Waals surface area (Å²) < 4.78 is 43.7. The molecule has 0 aliphatic carbocycles. The molecule has 0 radical (unpaired) electrons. The van der Waals surface area contributed by atoms with Gasteiger partial charge in [-0.2, -0.15) is 0 Å². The van der Waals surface area contributed by atoms with Crippen LogP contribution < -0.4 is 20.2 Å². The van der Waals surface area contributed by atoms with Crippen LogP contribution in [0.1, 0.15) is 22.3 Å². The first-order valence-corrected chi connectivity index (χ1v) is 13.8. The molecule has 1 aromatic heterocycles. The van der Waals surface area contributed by atoms with Crippen molar-refractivity contribution in [1.29, 1.82) is 0 Å². The fourth-order valence-electron chi connectivity index (χ4n) is 3.86. The van der Waals surface area contributed by atoms with Crippen LogP contribution in [0.5, 0.6) is 5.75 Å². The molecule has 7 nitrogen and oxygen atoms in total. The van der Waals surface area contributed by atoms with Gasteiger partial charge in [-0.25, -0.2) is 0 Å². The number of carbonyl (C=O) groups excluding carboxylic acids is 2. The first-order chi connectivity index (χ1) is 19.7. The van der Waals surface area contributed by atoms with Crippen molar-refractivity contribution in [2.45, 2.75) is 25.9 Å². The quantitative estimate of drug-likeness (QED) is 0.213. The summed E-state index contributed by atoms with van der Waals surface area (Å²) in [6.45, 7) is 1.08. The number of ether oxygens (including phenoxy) is 1. The second-order valence-corrected chi connectivity index (χ2v) is 10.1. The van der Waals surface area contributed by atoms with Crippen LogP contribution in [-0.2, 0) is 17.9 Å². The molecule has 1 heterocycles. The summed E-state index contributed by atoms with van der Waals surface area (Å²) in [5, 5.41) is 7.90. The Hall–Kier alpha value is -4.09. The van der Waals surface area contributed by atoms with E-state index in [-0.39, 0.29) is 24.1 Å². The minimum Gasteiger partial charge on any atom is -0.406 e. The normalized spacial score (nSPS) is 11.8. The second kappa shape index (κ2) is 14.0. The molecule has 0 spiro atoms. The average Bonchev–Trinajstić information content (AvgIpc) is 3.36. The van der Waals surface area contributed by atoms with Gasteiger partial charge in [0.05, 0.1) is 18.8 Å². The maximum absolute atomic E-state index is 12.6.